The van der Waals surface area contributed by atoms with Gasteiger partial charge in [0.05, 0.1) is 0 Å². The zero-order chi connectivity index (χ0) is 11.0. The van der Waals surface area contributed by atoms with E-state index in [1.807, 2.05) is 0 Å². The van der Waals surface area contributed by atoms with Crippen molar-refractivity contribution < 1.29 is 0 Å². The maximum atomic E-state index is 5.68. The van der Waals surface area contributed by atoms with Crippen LogP contribution >= 0.6 is 11.6 Å². The molecule has 14 heavy (non-hydrogen) atoms. The first kappa shape index (κ1) is 14.0. The van der Waals surface area contributed by atoms with Crippen LogP contribution in [-0.4, -0.2) is 15.4 Å². The number of rotatable bonds is 8. The number of hydrogen-bond acceptors (Lipinski definition) is 0. The van der Waals surface area contributed by atoms with Crippen LogP contribution in [0.5, 0.6) is 0 Å². The van der Waals surface area contributed by atoms with E-state index in [0.717, 1.165) is 11.4 Å². The topological polar surface area (TPSA) is 0 Å². The van der Waals surface area contributed by atoms with Gasteiger partial charge in [0, 0.05) is 15.4 Å². The van der Waals surface area contributed by atoms with E-state index in [0.29, 0.717) is 0 Å². The Bertz CT molecular complexity index is 171. The molecule has 0 rings (SSSR count). The summed E-state index contributed by atoms with van der Waals surface area (Å²) in [6.45, 7) is 12.2. The van der Waals surface area contributed by atoms with Gasteiger partial charge in [0.2, 0.25) is 0 Å². The molecular formula is C12H23ClSi. The molecule has 0 atom stereocenters. The lowest BCUT2D eigenvalue weighted by molar-refractivity contribution is 0.787. The molecular weight excluding hydrogens is 208 g/mol. The van der Waals surface area contributed by atoms with Crippen LogP contribution in [0.25, 0.3) is 0 Å². The zero-order valence-electron chi connectivity index (χ0n) is 9.61. The quantitative estimate of drug-likeness (QED) is 0.257. The van der Waals surface area contributed by atoms with Crippen LogP contribution in [0.3, 0.4) is 0 Å². The molecule has 0 saturated carbocycles. The highest BCUT2D eigenvalue weighted by molar-refractivity contribution is 6.37. The second kappa shape index (κ2) is 8.31. The van der Waals surface area contributed by atoms with Gasteiger partial charge in [-0.15, -0.1) is 24.8 Å². The molecule has 0 aromatic carbocycles. The third-order valence-corrected chi connectivity index (χ3v) is 4.84. The van der Waals surface area contributed by atoms with E-state index in [1.54, 1.807) is 0 Å². The summed E-state index contributed by atoms with van der Waals surface area (Å²) >= 11 is 5.68. The maximum Gasteiger partial charge on any atom is 0.0240 e. The lowest BCUT2D eigenvalue weighted by atomic mass is 10.1. The number of halogens is 1. The van der Waals surface area contributed by atoms with Crippen LogP contribution in [0.15, 0.2) is 24.3 Å². The van der Waals surface area contributed by atoms with Crippen molar-refractivity contribution in [3.8, 4) is 0 Å². The second-order valence-electron chi connectivity index (χ2n) is 4.37. The lowest BCUT2D eigenvalue weighted by Gasteiger charge is -2.16. The van der Waals surface area contributed by atoms with Crippen molar-refractivity contribution in [1.29, 1.82) is 0 Å². The Hall–Kier alpha value is -0.0131. The van der Waals surface area contributed by atoms with Crippen molar-refractivity contribution in [3.05, 3.63) is 24.3 Å². The summed E-state index contributed by atoms with van der Waals surface area (Å²) in [6, 6.07) is 1.37. The molecule has 0 aromatic heterocycles. The molecule has 0 spiro atoms. The normalized spacial score (nSPS) is 11.4. The lowest BCUT2D eigenvalue weighted by Crippen LogP contribution is -2.05. The molecule has 0 unspecified atom stereocenters. The maximum absolute atomic E-state index is 5.68. The third kappa shape index (κ3) is 8.58. The highest BCUT2D eigenvalue weighted by Gasteiger charge is 2.09. The van der Waals surface area contributed by atoms with Crippen molar-refractivity contribution in [2.24, 2.45) is 0 Å². The average Bonchev–Trinajstić information content (AvgIpc) is 2.02. The minimum Gasteiger partial charge on any atom is -0.127 e. The average molecular weight is 231 g/mol. The molecule has 0 fully saturated rings. The SMILES string of the molecule is C=C(C)CC(CC(=C)C)[SiH2]CCCCl. The highest BCUT2D eigenvalue weighted by atomic mass is 35.5. The predicted molar refractivity (Wildman–Crippen MR) is 71.3 cm³/mol. The van der Waals surface area contributed by atoms with E-state index in [-0.39, 0.29) is 9.52 Å². The van der Waals surface area contributed by atoms with Gasteiger partial charge in [-0.2, -0.15) is 0 Å². The Kier molecular flexibility index (Phi) is 8.30. The van der Waals surface area contributed by atoms with Gasteiger partial charge in [-0.3, -0.25) is 0 Å². The summed E-state index contributed by atoms with van der Waals surface area (Å²) in [5.41, 5.74) is 3.50. The molecule has 2 heteroatoms. The van der Waals surface area contributed by atoms with Gasteiger partial charge in [0.1, 0.15) is 0 Å². The van der Waals surface area contributed by atoms with Gasteiger partial charge in [0.25, 0.3) is 0 Å². The molecule has 0 saturated heterocycles. The molecule has 0 radical (unpaired) electrons. The summed E-state index contributed by atoms with van der Waals surface area (Å²) in [7, 11) is 0.0226. The molecule has 0 aliphatic heterocycles. The minimum atomic E-state index is 0.0226. The number of allylic oxidation sites excluding steroid dienone is 2. The van der Waals surface area contributed by atoms with Crippen molar-refractivity contribution >= 4 is 21.1 Å². The first-order chi connectivity index (χ1) is 6.56. The Balaban J connectivity index is 3.84. The molecule has 0 N–H and O–H groups in total. The fourth-order valence-corrected chi connectivity index (χ4v) is 4.81. The van der Waals surface area contributed by atoms with E-state index in [9.17, 15) is 0 Å². The van der Waals surface area contributed by atoms with Crippen LogP contribution < -0.4 is 0 Å². The minimum absolute atomic E-state index is 0.0226. The van der Waals surface area contributed by atoms with Gasteiger partial charge in [-0.1, -0.05) is 17.2 Å². The predicted octanol–water partition coefficient (Wildman–Crippen LogP) is 3.92. The van der Waals surface area contributed by atoms with E-state index in [4.69, 9.17) is 11.6 Å². The van der Waals surface area contributed by atoms with Crippen molar-refractivity contribution in [1.82, 2.24) is 0 Å². The van der Waals surface area contributed by atoms with Gasteiger partial charge >= 0.3 is 0 Å². The largest absolute Gasteiger partial charge is 0.127 e. The van der Waals surface area contributed by atoms with Gasteiger partial charge in [0.15, 0.2) is 0 Å². The fraction of sp³-hybridized carbons (Fsp3) is 0.667. The molecule has 0 aliphatic rings. The molecule has 82 valence electrons. The van der Waals surface area contributed by atoms with Gasteiger partial charge in [-0.25, -0.2) is 0 Å². The van der Waals surface area contributed by atoms with Gasteiger partial charge < -0.3 is 0 Å². The van der Waals surface area contributed by atoms with Crippen LogP contribution in [0.4, 0.5) is 0 Å². The van der Waals surface area contributed by atoms with E-state index in [2.05, 4.69) is 27.0 Å². The van der Waals surface area contributed by atoms with Crippen molar-refractivity contribution in [2.45, 2.75) is 44.7 Å². The molecule has 0 heterocycles. The van der Waals surface area contributed by atoms with Crippen LogP contribution in [0, 0.1) is 0 Å². The van der Waals surface area contributed by atoms with E-state index < -0.39 is 0 Å². The zero-order valence-corrected chi connectivity index (χ0v) is 11.8. The molecule has 0 amide bonds. The van der Waals surface area contributed by atoms with Crippen LogP contribution in [0.2, 0.25) is 11.6 Å². The van der Waals surface area contributed by atoms with E-state index >= 15 is 0 Å². The Morgan fingerprint density at radius 3 is 2.07 bits per heavy atom. The highest BCUT2D eigenvalue weighted by Crippen LogP contribution is 2.24. The smallest absolute Gasteiger partial charge is 0.0240 e. The first-order valence-corrected chi connectivity index (χ1v) is 7.76. The standard InChI is InChI=1S/C12H23ClSi/c1-10(2)8-12(9-11(3)4)14-7-5-6-13/h12H,1,3,5-9,14H2,2,4H3. The fourth-order valence-electron chi connectivity index (χ4n) is 1.79. The third-order valence-electron chi connectivity index (χ3n) is 2.27. The molecule has 0 bridgehead atoms. The number of hydrogen-bond donors (Lipinski definition) is 0. The van der Waals surface area contributed by atoms with Gasteiger partial charge in [-0.05, 0) is 38.7 Å². The first-order valence-electron chi connectivity index (χ1n) is 5.41. The molecule has 0 aromatic rings. The Labute approximate surface area is 96.3 Å². The second-order valence-corrected chi connectivity index (χ2v) is 7.19. The molecule has 0 aliphatic carbocycles. The van der Waals surface area contributed by atoms with Crippen molar-refractivity contribution in [2.75, 3.05) is 5.88 Å². The summed E-state index contributed by atoms with van der Waals surface area (Å²) in [4.78, 5) is 0. The summed E-state index contributed by atoms with van der Waals surface area (Å²) in [5, 5.41) is 0. The van der Waals surface area contributed by atoms with Crippen molar-refractivity contribution in [3.63, 3.8) is 0 Å². The van der Waals surface area contributed by atoms with E-state index in [1.165, 1.54) is 36.5 Å². The summed E-state index contributed by atoms with van der Waals surface area (Å²) in [5.74, 6) is 0.819. The summed E-state index contributed by atoms with van der Waals surface area (Å²) in [6.07, 6.45) is 3.58. The summed E-state index contributed by atoms with van der Waals surface area (Å²) < 4.78 is 0. The monoisotopic (exact) mass is 230 g/mol. The Morgan fingerprint density at radius 2 is 1.71 bits per heavy atom. The molecule has 0 nitrogen and oxygen atoms in total. The van der Waals surface area contributed by atoms with Crippen LogP contribution in [0.1, 0.15) is 33.1 Å². The van der Waals surface area contributed by atoms with Crippen LogP contribution in [-0.2, 0) is 0 Å². The number of alkyl halides is 1. The Morgan fingerprint density at radius 1 is 1.21 bits per heavy atom.